The summed E-state index contributed by atoms with van der Waals surface area (Å²) in [6, 6.07) is 0. The molecule has 4 heteroatoms. The van der Waals surface area contributed by atoms with E-state index >= 15 is 0 Å². The van der Waals surface area contributed by atoms with E-state index in [1.807, 2.05) is 0 Å². The lowest BCUT2D eigenvalue weighted by Crippen LogP contribution is -2.29. The van der Waals surface area contributed by atoms with Crippen LogP contribution in [0.3, 0.4) is 0 Å². The summed E-state index contributed by atoms with van der Waals surface area (Å²) in [5, 5.41) is 0. The SMILES string of the molecule is C=CC(=O)OC1CC2CC(CCOC(C)=O)C1C2. The molecule has 4 nitrogen and oxygen atoms in total. The summed E-state index contributed by atoms with van der Waals surface area (Å²) >= 11 is 0. The maximum absolute atomic E-state index is 11.2. The van der Waals surface area contributed by atoms with Crippen molar-refractivity contribution in [1.29, 1.82) is 0 Å². The van der Waals surface area contributed by atoms with E-state index in [1.165, 1.54) is 19.4 Å². The van der Waals surface area contributed by atoms with Crippen LogP contribution >= 0.6 is 0 Å². The van der Waals surface area contributed by atoms with Crippen LogP contribution in [0.15, 0.2) is 12.7 Å². The van der Waals surface area contributed by atoms with E-state index in [1.54, 1.807) is 0 Å². The Balaban J connectivity index is 1.82. The van der Waals surface area contributed by atoms with Gasteiger partial charge in [0.15, 0.2) is 0 Å². The zero-order chi connectivity index (χ0) is 13.1. The van der Waals surface area contributed by atoms with E-state index in [0.29, 0.717) is 24.4 Å². The van der Waals surface area contributed by atoms with Crippen LogP contribution in [0.5, 0.6) is 0 Å². The monoisotopic (exact) mass is 252 g/mol. The Morgan fingerprint density at radius 1 is 1.33 bits per heavy atom. The summed E-state index contributed by atoms with van der Waals surface area (Å²) in [5.41, 5.74) is 0. The second-order valence-corrected chi connectivity index (χ2v) is 5.31. The van der Waals surface area contributed by atoms with Crippen LogP contribution in [0.2, 0.25) is 0 Å². The van der Waals surface area contributed by atoms with Crippen molar-refractivity contribution in [3.05, 3.63) is 12.7 Å². The van der Waals surface area contributed by atoms with Crippen molar-refractivity contribution in [3.8, 4) is 0 Å². The molecular formula is C14H20O4. The van der Waals surface area contributed by atoms with Crippen molar-refractivity contribution >= 4 is 11.9 Å². The number of ether oxygens (including phenoxy) is 2. The Labute approximate surface area is 107 Å². The summed E-state index contributed by atoms with van der Waals surface area (Å²) in [6.07, 6.45) is 5.43. The molecule has 2 saturated carbocycles. The van der Waals surface area contributed by atoms with Gasteiger partial charge in [0.25, 0.3) is 0 Å². The smallest absolute Gasteiger partial charge is 0.330 e. The van der Waals surface area contributed by atoms with Gasteiger partial charge in [-0.1, -0.05) is 6.58 Å². The first-order chi connectivity index (χ1) is 8.60. The number of rotatable bonds is 5. The summed E-state index contributed by atoms with van der Waals surface area (Å²) < 4.78 is 10.4. The Morgan fingerprint density at radius 2 is 2.11 bits per heavy atom. The van der Waals surface area contributed by atoms with Gasteiger partial charge in [-0.15, -0.1) is 0 Å². The highest BCUT2D eigenvalue weighted by atomic mass is 16.5. The normalized spacial score (nSPS) is 33.2. The van der Waals surface area contributed by atoms with Gasteiger partial charge in [0, 0.05) is 13.0 Å². The lowest BCUT2D eigenvalue weighted by molar-refractivity contribution is -0.146. The molecule has 2 aliphatic carbocycles. The molecule has 2 aliphatic rings. The average molecular weight is 252 g/mol. The number of carbonyl (C=O) groups is 2. The third kappa shape index (κ3) is 2.92. The maximum atomic E-state index is 11.2. The van der Waals surface area contributed by atoms with Crippen molar-refractivity contribution in [2.45, 2.75) is 38.7 Å². The van der Waals surface area contributed by atoms with Gasteiger partial charge in [0.1, 0.15) is 6.10 Å². The first-order valence-corrected chi connectivity index (χ1v) is 6.56. The minimum atomic E-state index is -0.328. The standard InChI is InChI=1S/C14H20O4/c1-3-14(16)18-13-8-10-6-11(12(13)7-10)4-5-17-9(2)15/h3,10-13H,1,4-8H2,2H3. The Morgan fingerprint density at radius 3 is 2.72 bits per heavy atom. The Kier molecular flexibility index (Phi) is 4.04. The van der Waals surface area contributed by atoms with Gasteiger partial charge in [-0.3, -0.25) is 4.79 Å². The highest BCUT2D eigenvalue weighted by Gasteiger charge is 2.47. The quantitative estimate of drug-likeness (QED) is 0.555. The van der Waals surface area contributed by atoms with Gasteiger partial charge >= 0.3 is 11.9 Å². The van der Waals surface area contributed by atoms with Crippen LogP contribution in [-0.2, 0) is 19.1 Å². The fourth-order valence-corrected chi connectivity index (χ4v) is 3.45. The number of fused-ring (bicyclic) bond motifs is 2. The predicted octanol–water partition coefficient (Wildman–Crippen LogP) is 2.08. The van der Waals surface area contributed by atoms with Crippen LogP contribution in [0.25, 0.3) is 0 Å². The average Bonchev–Trinajstić information content (AvgIpc) is 2.87. The van der Waals surface area contributed by atoms with E-state index in [0.717, 1.165) is 19.3 Å². The minimum Gasteiger partial charge on any atom is -0.466 e. The molecule has 4 atom stereocenters. The molecule has 0 aromatic heterocycles. The summed E-state index contributed by atoms with van der Waals surface area (Å²) in [6.45, 7) is 5.32. The Bertz CT molecular complexity index is 350. The van der Waals surface area contributed by atoms with Crippen molar-refractivity contribution in [1.82, 2.24) is 0 Å². The van der Waals surface area contributed by atoms with Gasteiger partial charge in [-0.2, -0.15) is 0 Å². The van der Waals surface area contributed by atoms with Crippen molar-refractivity contribution in [3.63, 3.8) is 0 Å². The highest BCUT2D eigenvalue weighted by molar-refractivity contribution is 5.81. The van der Waals surface area contributed by atoms with Crippen molar-refractivity contribution < 1.29 is 19.1 Å². The first kappa shape index (κ1) is 13.1. The molecule has 0 aromatic carbocycles. The van der Waals surface area contributed by atoms with E-state index in [2.05, 4.69) is 6.58 Å². The molecule has 2 bridgehead atoms. The third-order valence-electron chi connectivity index (χ3n) is 4.12. The van der Waals surface area contributed by atoms with E-state index in [-0.39, 0.29) is 18.0 Å². The number of esters is 2. The number of hydrogen-bond acceptors (Lipinski definition) is 4. The summed E-state index contributed by atoms with van der Waals surface area (Å²) in [7, 11) is 0. The van der Waals surface area contributed by atoms with Crippen molar-refractivity contribution in [2.75, 3.05) is 6.61 Å². The molecule has 0 radical (unpaired) electrons. The van der Waals surface area contributed by atoms with Gasteiger partial charge in [0.2, 0.25) is 0 Å². The third-order valence-corrected chi connectivity index (χ3v) is 4.12. The van der Waals surface area contributed by atoms with Crippen LogP contribution in [0, 0.1) is 17.8 Å². The highest BCUT2D eigenvalue weighted by Crippen LogP contribution is 2.50. The predicted molar refractivity (Wildman–Crippen MR) is 65.6 cm³/mol. The molecule has 18 heavy (non-hydrogen) atoms. The second-order valence-electron chi connectivity index (χ2n) is 5.31. The molecule has 2 rings (SSSR count). The lowest BCUT2D eigenvalue weighted by atomic mass is 9.84. The number of hydrogen-bond donors (Lipinski definition) is 0. The van der Waals surface area contributed by atoms with Crippen LogP contribution in [0.1, 0.15) is 32.6 Å². The zero-order valence-corrected chi connectivity index (χ0v) is 10.8. The molecular weight excluding hydrogens is 232 g/mol. The largest absolute Gasteiger partial charge is 0.466 e. The van der Waals surface area contributed by atoms with E-state index < -0.39 is 0 Å². The number of carbonyl (C=O) groups excluding carboxylic acids is 2. The molecule has 0 spiro atoms. The van der Waals surface area contributed by atoms with Gasteiger partial charge < -0.3 is 9.47 Å². The maximum Gasteiger partial charge on any atom is 0.330 e. The fraction of sp³-hybridized carbons (Fsp3) is 0.714. The van der Waals surface area contributed by atoms with Crippen LogP contribution < -0.4 is 0 Å². The summed E-state index contributed by atoms with van der Waals surface area (Å²) in [5.74, 6) is 1.07. The zero-order valence-electron chi connectivity index (χ0n) is 10.8. The van der Waals surface area contributed by atoms with Gasteiger partial charge in [0.05, 0.1) is 6.61 Å². The summed E-state index contributed by atoms with van der Waals surface area (Å²) in [4.78, 5) is 22.0. The van der Waals surface area contributed by atoms with Crippen molar-refractivity contribution in [2.24, 2.45) is 17.8 Å². The molecule has 4 unspecified atom stereocenters. The molecule has 0 saturated heterocycles. The lowest BCUT2D eigenvalue weighted by Gasteiger charge is -2.28. The molecule has 0 aliphatic heterocycles. The van der Waals surface area contributed by atoms with Crippen LogP contribution in [-0.4, -0.2) is 24.6 Å². The minimum absolute atomic E-state index is 0.0385. The molecule has 0 aromatic rings. The molecule has 2 fully saturated rings. The second kappa shape index (κ2) is 5.55. The fourth-order valence-electron chi connectivity index (χ4n) is 3.45. The first-order valence-electron chi connectivity index (χ1n) is 6.56. The van der Waals surface area contributed by atoms with E-state index in [4.69, 9.17) is 9.47 Å². The molecule has 100 valence electrons. The Hall–Kier alpha value is -1.32. The molecule has 0 heterocycles. The molecule has 0 amide bonds. The van der Waals surface area contributed by atoms with Gasteiger partial charge in [-0.05, 0) is 43.4 Å². The topological polar surface area (TPSA) is 52.6 Å². The van der Waals surface area contributed by atoms with Gasteiger partial charge in [-0.25, -0.2) is 4.79 Å². The van der Waals surface area contributed by atoms with Crippen LogP contribution in [0.4, 0.5) is 0 Å². The van der Waals surface area contributed by atoms with E-state index in [9.17, 15) is 9.59 Å². The molecule has 0 N–H and O–H groups in total.